The lowest BCUT2D eigenvalue weighted by Gasteiger charge is -2.31. The smallest absolute Gasteiger partial charge is 0.251 e. The summed E-state index contributed by atoms with van der Waals surface area (Å²) in [5.41, 5.74) is 12.2. The van der Waals surface area contributed by atoms with Crippen molar-refractivity contribution in [2.24, 2.45) is 0 Å². The first-order chi connectivity index (χ1) is 18.7. The van der Waals surface area contributed by atoms with E-state index in [1.807, 2.05) is 12.1 Å². The Morgan fingerprint density at radius 2 is 1.71 bits per heavy atom. The van der Waals surface area contributed by atoms with Gasteiger partial charge >= 0.3 is 0 Å². The molecule has 1 amide bonds. The fourth-order valence-corrected chi connectivity index (χ4v) is 5.20. The number of fused-ring (bicyclic) bond motifs is 12. The van der Waals surface area contributed by atoms with Crippen molar-refractivity contribution in [1.82, 2.24) is 15.3 Å². The number of nitrogens with two attached hydrogens (primary N) is 1. The summed E-state index contributed by atoms with van der Waals surface area (Å²) >= 11 is 0. The first kappa shape index (κ1) is 26.0. The monoisotopic (exact) mass is 514 g/mol. The molecule has 4 N–H and O–H groups in total. The first-order valence-corrected chi connectivity index (χ1v) is 13.9. The van der Waals surface area contributed by atoms with Gasteiger partial charge in [0.05, 0.1) is 12.3 Å². The minimum Gasteiger partial charge on any atom is -0.398 e. The van der Waals surface area contributed by atoms with E-state index in [1.165, 1.54) is 30.5 Å². The average molecular weight is 515 g/mol. The van der Waals surface area contributed by atoms with E-state index in [4.69, 9.17) is 15.5 Å². The molecule has 0 radical (unpaired) electrons. The zero-order valence-electron chi connectivity index (χ0n) is 22.0. The molecule has 1 fully saturated rings. The van der Waals surface area contributed by atoms with Gasteiger partial charge in [0.25, 0.3) is 5.91 Å². The molecule has 8 nitrogen and oxygen atoms in total. The number of benzene rings is 2. The Balaban J connectivity index is 1.42. The molecule has 200 valence electrons. The lowest BCUT2D eigenvalue weighted by molar-refractivity contribution is 0.0953. The van der Waals surface area contributed by atoms with E-state index in [-0.39, 0.29) is 5.91 Å². The summed E-state index contributed by atoms with van der Waals surface area (Å²) in [6.45, 7) is 4.16. The second-order valence-corrected chi connectivity index (χ2v) is 10.2. The van der Waals surface area contributed by atoms with Gasteiger partial charge in [-0.05, 0) is 74.6 Å². The highest BCUT2D eigenvalue weighted by Gasteiger charge is 2.16. The Morgan fingerprint density at radius 1 is 0.895 bits per heavy atom. The fourth-order valence-electron chi connectivity index (χ4n) is 5.20. The summed E-state index contributed by atoms with van der Waals surface area (Å²) in [5.74, 6) is 0.385. The van der Waals surface area contributed by atoms with Crippen LogP contribution in [0.5, 0.6) is 0 Å². The molecule has 6 rings (SSSR count). The quantitative estimate of drug-likeness (QED) is 0.359. The Labute approximate surface area is 225 Å². The number of piperidine rings is 1. The molecule has 3 aliphatic rings. The number of nitrogen functional groups attached to an aromatic ring is 1. The summed E-state index contributed by atoms with van der Waals surface area (Å²) < 4.78 is 6.14. The number of carbonyl (C=O) groups is 1. The van der Waals surface area contributed by atoms with Crippen molar-refractivity contribution in [1.29, 1.82) is 0 Å². The predicted octanol–water partition coefficient (Wildman–Crippen LogP) is 5.67. The Bertz CT molecular complexity index is 1240. The summed E-state index contributed by atoms with van der Waals surface area (Å²) in [7, 11) is 0. The molecular formula is C30H38N6O2. The van der Waals surface area contributed by atoms with Gasteiger partial charge < -0.3 is 26.0 Å². The van der Waals surface area contributed by atoms with Gasteiger partial charge in [-0.1, -0.05) is 19.3 Å². The zero-order valence-corrected chi connectivity index (χ0v) is 22.0. The highest BCUT2D eigenvalue weighted by molar-refractivity contribution is 5.96. The third-order valence-corrected chi connectivity index (χ3v) is 7.29. The van der Waals surface area contributed by atoms with Crippen molar-refractivity contribution in [2.75, 3.05) is 42.2 Å². The van der Waals surface area contributed by atoms with Crippen molar-refractivity contribution in [2.45, 2.75) is 58.0 Å². The van der Waals surface area contributed by atoms with Crippen LogP contribution in [0.1, 0.15) is 67.3 Å². The number of rotatable bonds is 1. The molecule has 0 aliphatic carbocycles. The molecule has 0 spiro atoms. The third kappa shape index (κ3) is 6.61. The minimum atomic E-state index is -0.104. The first-order valence-electron chi connectivity index (χ1n) is 13.9. The van der Waals surface area contributed by atoms with E-state index in [2.05, 4.69) is 38.7 Å². The molecule has 4 heterocycles. The molecule has 0 unspecified atom stereocenters. The lowest BCUT2D eigenvalue weighted by atomic mass is 10.1. The molecule has 3 aliphatic heterocycles. The van der Waals surface area contributed by atoms with Gasteiger partial charge in [-0.25, -0.2) is 9.97 Å². The van der Waals surface area contributed by atoms with Crippen LogP contribution in [0.4, 0.5) is 23.0 Å². The third-order valence-electron chi connectivity index (χ3n) is 7.29. The molecule has 1 aromatic heterocycles. The maximum absolute atomic E-state index is 12.6. The van der Waals surface area contributed by atoms with Gasteiger partial charge in [-0.2, -0.15) is 0 Å². The topological polar surface area (TPSA) is 105 Å². The van der Waals surface area contributed by atoms with Crippen molar-refractivity contribution < 1.29 is 9.53 Å². The molecule has 1 saturated heterocycles. The predicted molar refractivity (Wildman–Crippen MR) is 153 cm³/mol. The van der Waals surface area contributed by atoms with E-state index in [9.17, 15) is 4.79 Å². The minimum absolute atomic E-state index is 0.104. The van der Waals surface area contributed by atoms with Gasteiger partial charge in [-0.3, -0.25) is 4.79 Å². The molecule has 2 aromatic carbocycles. The summed E-state index contributed by atoms with van der Waals surface area (Å²) in [6.07, 6.45) is 10.8. The largest absolute Gasteiger partial charge is 0.398 e. The summed E-state index contributed by atoms with van der Waals surface area (Å²) in [4.78, 5) is 24.2. The highest BCUT2D eigenvalue weighted by Crippen LogP contribution is 2.30. The van der Waals surface area contributed by atoms with Crippen molar-refractivity contribution in [3.8, 4) is 11.3 Å². The van der Waals surface area contributed by atoms with E-state index < -0.39 is 0 Å². The van der Waals surface area contributed by atoms with E-state index in [1.54, 1.807) is 18.3 Å². The average Bonchev–Trinajstić information content (AvgIpc) is 2.94. The van der Waals surface area contributed by atoms with Gasteiger partial charge in [0.1, 0.15) is 0 Å². The highest BCUT2D eigenvalue weighted by atomic mass is 16.5. The number of anilines is 4. The maximum atomic E-state index is 12.6. The molecule has 8 heteroatoms. The maximum Gasteiger partial charge on any atom is 0.251 e. The molecule has 6 bridgehead atoms. The van der Waals surface area contributed by atoms with Crippen LogP contribution in [0.2, 0.25) is 0 Å². The number of carbonyl (C=O) groups excluding carboxylic acids is 1. The van der Waals surface area contributed by atoms with Crippen LogP contribution < -0.4 is 21.3 Å². The van der Waals surface area contributed by atoms with E-state index in [0.717, 1.165) is 63.1 Å². The molecule has 0 atom stereocenters. The Kier molecular flexibility index (Phi) is 8.71. The molecule has 3 aromatic rings. The Hall–Kier alpha value is -3.65. The van der Waals surface area contributed by atoms with Gasteiger partial charge in [0, 0.05) is 66.2 Å². The number of amides is 1. The number of aromatic nitrogens is 2. The van der Waals surface area contributed by atoms with Gasteiger partial charge in [0.2, 0.25) is 5.95 Å². The summed E-state index contributed by atoms with van der Waals surface area (Å²) in [5, 5.41) is 6.37. The number of ether oxygens (including phenoxy) is 1. The molecular weight excluding hydrogens is 476 g/mol. The normalized spacial score (nSPS) is 17.6. The number of nitrogens with zero attached hydrogens (tertiary/aromatic N) is 3. The van der Waals surface area contributed by atoms with Crippen LogP contribution in [0.15, 0.2) is 48.7 Å². The SMILES string of the molecule is Nc1cc2ccc1-c1ccnc(n1)Nc1ccc(N3CCCCC3)c(c1)COCCCCCCCNC2=O. The van der Waals surface area contributed by atoms with Gasteiger partial charge in [0.15, 0.2) is 0 Å². The van der Waals surface area contributed by atoms with Crippen LogP contribution in [-0.2, 0) is 11.3 Å². The van der Waals surface area contributed by atoms with Gasteiger partial charge in [-0.15, -0.1) is 0 Å². The van der Waals surface area contributed by atoms with Crippen molar-refractivity contribution in [3.63, 3.8) is 0 Å². The fraction of sp³-hybridized carbons (Fsp3) is 0.433. The molecule has 38 heavy (non-hydrogen) atoms. The standard InChI is InChI=1S/C30H38N6O2/c31-26-20-22-9-11-25(26)27-13-15-33-30(35-27)34-24-10-12-28(36-16-6-4-7-17-36)23(19-24)21-38-18-8-3-1-2-5-14-32-29(22)37/h9-13,15,19-20H,1-8,14,16-18,21,31H2,(H,32,37)(H,33,34,35). The van der Waals surface area contributed by atoms with E-state index in [0.29, 0.717) is 36.0 Å². The Morgan fingerprint density at radius 3 is 2.58 bits per heavy atom. The van der Waals surface area contributed by atoms with E-state index >= 15 is 0 Å². The second-order valence-electron chi connectivity index (χ2n) is 10.2. The van der Waals surface area contributed by atoms with Crippen molar-refractivity contribution >= 4 is 28.9 Å². The number of hydrogen-bond acceptors (Lipinski definition) is 7. The van der Waals surface area contributed by atoms with Crippen LogP contribution in [0, 0.1) is 0 Å². The van der Waals surface area contributed by atoms with Crippen LogP contribution in [-0.4, -0.2) is 42.1 Å². The zero-order chi connectivity index (χ0) is 26.2. The summed E-state index contributed by atoms with van der Waals surface area (Å²) in [6, 6.07) is 13.6. The lowest BCUT2D eigenvalue weighted by Crippen LogP contribution is -2.30. The number of hydrogen-bond donors (Lipinski definition) is 3. The van der Waals surface area contributed by atoms with Crippen molar-refractivity contribution in [3.05, 3.63) is 59.8 Å². The van der Waals surface area contributed by atoms with Crippen LogP contribution in [0.3, 0.4) is 0 Å². The van der Waals surface area contributed by atoms with Crippen LogP contribution >= 0.6 is 0 Å². The molecule has 0 saturated carbocycles. The number of nitrogens with one attached hydrogen (secondary N) is 2. The second kappa shape index (κ2) is 12.7. The van der Waals surface area contributed by atoms with Crippen LogP contribution in [0.25, 0.3) is 11.3 Å².